The van der Waals surface area contributed by atoms with Crippen molar-refractivity contribution in [3.05, 3.63) is 0 Å². The Morgan fingerprint density at radius 1 is 1.27 bits per heavy atom. The summed E-state index contributed by atoms with van der Waals surface area (Å²) >= 11 is 0. The van der Waals surface area contributed by atoms with Gasteiger partial charge >= 0.3 is 5.97 Å². The Kier molecular flexibility index (Phi) is 5.59. The molecule has 5 nitrogen and oxygen atoms in total. The van der Waals surface area contributed by atoms with Gasteiger partial charge in [-0.1, -0.05) is 13.8 Å². The first-order chi connectivity index (χ1) is 6.90. The van der Waals surface area contributed by atoms with E-state index in [9.17, 15) is 14.4 Å². The molecule has 0 saturated heterocycles. The molecular weight excluding hydrogens is 198 g/mol. The van der Waals surface area contributed by atoms with Crippen molar-refractivity contribution >= 4 is 17.7 Å². The second kappa shape index (κ2) is 6.16. The maximum Gasteiger partial charge on any atom is 0.336 e. The molecule has 0 aliphatic rings. The second-order valence-electron chi connectivity index (χ2n) is 3.46. The van der Waals surface area contributed by atoms with Gasteiger partial charge in [0.15, 0.2) is 11.8 Å². The third kappa shape index (κ3) is 4.58. The van der Waals surface area contributed by atoms with Gasteiger partial charge in [-0.25, -0.2) is 4.79 Å². The number of Topliss-reactive ketones (excluding diaryl/α,β-unsaturated/α-hetero) is 1. The van der Waals surface area contributed by atoms with E-state index in [0.29, 0.717) is 0 Å². The van der Waals surface area contributed by atoms with E-state index in [2.05, 4.69) is 10.1 Å². The summed E-state index contributed by atoms with van der Waals surface area (Å²) in [4.78, 5) is 33.7. The van der Waals surface area contributed by atoms with Crippen molar-refractivity contribution in [1.82, 2.24) is 5.32 Å². The molecule has 0 radical (unpaired) electrons. The highest BCUT2D eigenvalue weighted by molar-refractivity contribution is 6.04. The SMILES string of the molecule is CCOC(=O)C(NC(=O)C(C)C)C(C)=O. The highest BCUT2D eigenvalue weighted by Gasteiger charge is 2.27. The fourth-order valence-corrected chi connectivity index (χ4v) is 0.861. The number of hydrogen-bond acceptors (Lipinski definition) is 4. The lowest BCUT2D eigenvalue weighted by Gasteiger charge is -2.15. The first kappa shape index (κ1) is 13.6. The highest BCUT2D eigenvalue weighted by Crippen LogP contribution is 1.96. The van der Waals surface area contributed by atoms with Crippen LogP contribution in [-0.4, -0.2) is 30.3 Å². The number of nitrogens with one attached hydrogen (secondary N) is 1. The predicted octanol–water partition coefficient (Wildman–Crippen LogP) is 0.279. The molecule has 1 atom stereocenters. The summed E-state index contributed by atoms with van der Waals surface area (Å²) in [5.74, 6) is -1.76. The number of esters is 1. The zero-order chi connectivity index (χ0) is 12.0. The number of ether oxygens (including phenoxy) is 1. The number of ketones is 1. The summed E-state index contributed by atoms with van der Waals surface area (Å²) in [5.41, 5.74) is 0. The molecule has 0 aromatic rings. The first-order valence-electron chi connectivity index (χ1n) is 4.87. The third-order valence-corrected chi connectivity index (χ3v) is 1.74. The Hall–Kier alpha value is -1.39. The molecule has 0 heterocycles. The van der Waals surface area contributed by atoms with Crippen molar-refractivity contribution in [2.75, 3.05) is 6.61 Å². The molecular formula is C10H17NO4. The topological polar surface area (TPSA) is 72.5 Å². The fourth-order valence-electron chi connectivity index (χ4n) is 0.861. The van der Waals surface area contributed by atoms with Gasteiger partial charge in [0.05, 0.1) is 6.61 Å². The smallest absolute Gasteiger partial charge is 0.336 e. The molecule has 1 amide bonds. The average Bonchev–Trinajstić information content (AvgIpc) is 2.13. The van der Waals surface area contributed by atoms with E-state index in [4.69, 9.17) is 0 Å². The van der Waals surface area contributed by atoms with Gasteiger partial charge in [0.2, 0.25) is 5.91 Å². The number of carbonyl (C=O) groups excluding carboxylic acids is 3. The third-order valence-electron chi connectivity index (χ3n) is 1.74. The zero-order valence-electron chi connectivity index (χ0n) is 9.49. The van der Waals surface area contributed by atoms with E-state index in [0.717, 1.165) is 0 Å². The summed E-state index contributed by atoms with van der Waals surface area (Å²) in [6.07, 6.45) is 0. The lowest BCUT2D eigenvalue weighted by molar-refractivity contribution is -0.150. The summed E-state index contributed by atoms with van der Waals surface area (Å²) in [6.45, 7) is 6.41. The van der Waals surface area contributed by atoms with Crippen molar-refractivity contribution in [3.8, 4) is 0 Å². The second-order valence-corrected chi connectivity index (χ2v) is 3.46. The van der Waals surface area contributed by atoms with Crippen LogP contribution in [0.4, 0.5) is 0 Å². The molecule has 0 aliphatic carbocycles. The van der Waals surface area contributed by atoms with Crippen LogP contribution >= 0.6 is 0 Å². The molecule has 0 bridgehead atoms. The molecule has 1 unspecified atom stereocenters. The number of rotatable bonds is 5. The summed E-state index contributed by atoms with van der Waals surface area (Å²) in [5, 5.41) is 2.34. The van der Waals surface area contributed by atoms with Crippen molar-refractivity contribution in [1.29, 1.82) is 0 Å². The lowest BCUT2D eigenvalue weighted by atomic mass is 10.1. The van der Waals surface area contributed by atoms with E-state index in [1.54, 1.807) is 20.8 Å². The summed E-state index contributed by atoms with van der Waals surface area (Å²) in [6, 6.07) is -1.18. The Balaban J connectivity index is 4.48. The average molecular weight is 215 g/mol. The van der Waals surface area contributed by atoms with Gasteiger partial charge in [0, 0.05) is 5.92 Å². The normalized spacial score (nSPS) is 12.1. The van der Waals surface area contributed by atoms with Gasteiger partial charge in [-0.3, -0.25) is 9.59 Å². The molecule has 0 saturated carbocycles. The van der Waals surface area contributed by atoms with Gasteiger partial charge in [-0.15, -0.1) is 0 Å². The fraction of sp³-hybridized carbons (Fsp3) is 0.700. The molecule has 0 aromatic heterocycles. The quantitative estimate of drug-likeness (QED) is 0.528. The van der Waals surface area contributed by atoms with Crippen molar-refractivity contribution in [3.63, 3.8) is 0 Å². The van der Waals surface area contributed by atoms with Gasteiger partial charge in [-0.2, -0.15) is 0 Å². The first-order valence-corrected chi connectivity index (χ1v) is 4.87. The van der Waals surface area contributed by atoms with Crippen LogP contribution in [-0.2, 0) is 19.1 Å². The minimum Gasteiger partial charge on any atom is -0.464 e. The maximum absolute atomic E-state index is 11.3. The Bertz CT molecular complexity index is 260. The van der Waals surface area contributed by atoms with E-state index < -0.39 is 17.8 Å². The number of hydrogen-bond donors (Lipinski definition) is 1. The molecule has 86 valence electrons. The minimum atomic E-state index is -1.18. The van der Waals surface area contributed by atoms with Crippen LogP contribution in [0.2, 0.25) is 0 Å². The molecule has 0 aromatic carbocycles. The molecule has 5 heteroatoms. The molecule has 0 aliphatic heterocycles. The van der Waals surface area contributed by atoms with Crippen LogP contribution in [0.3, 0.4) is 0 Å². The van der Waals surface area contributed by atoms with Crippen LogP contribution in [0.5, 0.6) is 0 Å². The van der Waals surface area contributed by atoms with Crippen LogP contribution < -0.4 is 5.32 Å². The van der Waals surface area contributed by atoms with Crippen LogP contribution in [0.15, 0.2) is 0 Å². The highest BCUT2D eigenvalue weighted by atomic mass is 16.5. The maximum atomic E-state index is 11.3. The molecule has 1 N–H and O–H groups in total. The van der Waals surface area contributed by atoms with Gasteiger partial charge in [-0.05, 0) is 13.8 Å². The van der Waals surface area contributed by atoms with Crippen molar-refractivity contribution in [2.45, 2.75) is 33.7 Å². The van der Waals surface area contributed by atoms with Crippen LogP contribution in [0.25, 0.3) is 0 Å². The number of carbonyl (C=O) groups is 3. The van der Waals surface area contributed by atoms with Gasteiger partial charge in [0.25, 0.3) is 0 Å². The van der Waals surface area contributed by atoms with Gasteiger partial charge in [0.1, 0.15) is 0 Å². The van der Waals surface area contributed by atoms with E-state index in [-0.39, 0.29) is 18.4 Å². The molecule has 0 fully saturated rings. The monoisotopic (exact) mass is 215 g/mol. The van der Waals surface area contributed by atoms with Crippen LogP contribution in [0.1, 0.15) is 27.7 Å². The van der Waals surface area contributed by atoms with Crippen LogP contribution in [0, 0.1) is 5.92 Å². The minimum absolute atomic E-state index is 0.181. The number of amides is 1. The zero-order valence-corrected chi connectivity index (χ0v) is 9.49. The summed E-state index contributed by atoms with van der Waals surface area (Å²) in [7, 11) is 0. The van der Waals surface area contributed by atoms with Crippen molar-refractivity contribution < 1.29 is 19.1 Å². The van der Waals surface area contributed by atoms with E-state index >= 15 is 0 Å². The van der Waals surface area contributed by atoms with E-state index in [1.807, 2.05) is 0 Å². The largest absolute Gasteiger partial charge is 0.464 e. The van der Waals surface area contributed by atoms with E-state index in [1.165, 1.54) is 6.92 Å². The standard InChI is InChI=1S/C10H17NO4/c1-5-15-10(14)8(7(4)12)11-9(13)6(2)3/h6,8H,5H2,1-4H3,(H,11,13). The summed E-state index contributed by atoms with van der Waals surface area (Å²) < 4.78 is 4.67. The van der Waals surface area contributed by atoms with Gasteiger partial charge < -0.3 is 10.1 Å². The lowest BCUT2D eigenvalue weighted by Crippen LogP contribution is -2.47. The predicted molar refractivity (Wildman–Crippen MR) is 54.1 cm³/mol. The Morgan fingerprint density at radius 3 is 2.13 bits per heavy atom. The Morgan fingerprint density at radius 2 is 1.80 bits per heavy atom. The Labute approximate surface area is 89.2 Å². The molecule has 0 spiro atoms. The van der Waals surface area contributed by atoms with Crippen molar-refractivity contribution in [2.24, 2.45) is 5.92 Å². The molecule has 0 rings (SSSR count). The molecule has 15 heavy (non-hydrogen) atoms.